The predicted octanol–water partition coefficient (Wildman–Crippen LogP) is 2.93. The average molecular weight is 321 g/mol. The molecule has 0 N–H and O–H groups in total. The highest BCUT2D eigenvalue weighted by atomic mass is 32.2. The maximum absolute atomic E-state index is 12.1. The third-order valence-corrected chi connectivity index (χ3v) is 4.42. The fourth-order valence-corrected chi connectivity index (χ4v) is 3.08. The van der Waals surface area contributed by atoms with Gasteiger partial charge in [-0.15, -0.1) is 0 Å². The molecule has 2 aromatic carbocycles. The van der Waals surface area contributed by atoms with Crippen LogP contribution in [0.2, 0.25) is 0 Å². The smallest absolute Gasteiger partial charge is 0.263 e. The second-order valence-electron chi connectivity index (χ2n) is 4.80. The Kier molecular flexibility index (Phi) is 4.89. The zero-order valence-corrected chi connectivity index (χ0v) is 12.7. The van der Waals surface area contributed by atoms with Crippen molar-refractivity contribution < 1.29 is 17.5 Å². The van der Waals surface area contributed by atoms with Gasteiger partial charge in [0.15, 0.2) is 0 Å². The van der Waals surface area contributed by atoms with Gasteiger partial charge in [0.1, 0.15) is 0 Å². The molecule has 0 spiro atoms. The monoisotopic (exact) mass is 321 g/mol. The summed E-state index contributed by atoms with van der Waals surface area (Å²) in [6.45, 7) is 1.64. The molecule has 0 fully saturated rings. The first kappa shape index (κ1) is 16.1. The zero-order chi connectivity index (χ0) is 16.2. The summed E-state index contributed by atoms with van der Waals surface area (Å²) in [7, 11) is -3.81. The molecule has 7 heteroatoms. The molecule has 0 saturated heterocycles. The highest BCUT2D eigenvalue weighted by Crippen LogP contribution is 2.17. The molecule has 116 valence electrons. The lowest BCUT2D eigenvalue weighted by Gasteiger charge is -2.13. The van der Waals surface area contributed by atoms with E-state index in [1.54, 1.807) is 37.3 Å². The third-order valence-electron chi connectivity index (χ3n) is 2.99. The van der Waals surface area contributed by atoms with E-state index in [0.717, 1.165) is 5.56 Å². The van der Waals surface area contributed by atoms with E-state index in [0.29, 0.717) is 6.42 Å². The Labute approximate surface area is 128 Å². The van der Waals surface area contributed by atoms with Crippen molar-refractivity contribution in [1.82, 2.24) is 0 Å². The van der Waals surface area contributed by atoms with Gasteiger partial charge >= 0.3 is 0 Å². The molecule has 0 aliphatic carbocycles. The summed E-state index contributed by atoms with van der Waals surface area (Å²) < 4.78 is 29.3. The van der Waals surface area contributed by atoms with Gasteiger partial charge < -0.3 is 0 Å². The van der Waals surface area contributed by atoms with Crippen molar-refractivity contribution in [3.05, 3.63) is 70.3 Å². The number of nitro benzene ring substituents is 1. The average Bonchev–Trinajstić information content (AvgIpc) is 2.48. The van der Waals surface area contributed by atoms with Crippen molar-refractivity contribution in [1.29, 1.82) is 0 Å². The summed E-state index contributed by atoms with van der Waals surface area (Å²) in [6.07, 6.45) is -0.240. The molecule has 0 saturated carbocycles. The summed E-state index contributed by atoms with van der Waals surface area (Å²) in [5.74, 6) is 0. The molecule has 0 heterocycles. The van der Waals surface area contributed by atoms with Crippen molar-refractivity contribution in [2.45, 2.75) is 24.3 Å². The van der Waals surface area contributed by atoms with Crippen molar-refractivity contribution >= 4 is 15.8 Å². The van der Waals surface area contributed by atoms with Crippen LogP contribution in [-0.2, 0) is 20.7 Å². The fourth-order valence-electron chi connectivity index (χ4n) is 1.98. The molecule has 22 heavy (non-hydrogen) atoms. The lowest BCUT2D eigenvalue weighted by atomic mass is 10.1. The van der Waals surface area contributed by atoms with E-state index in [2.05, 4.69) is 0 Å². The Balaban J connectivity index is 2.03. The molecule has 0 aliphatic heterocycles. The van der Waals surface area contributed by atoms with E-state index < -0.39 is 21.1 Å². The number of hydrogen-bond donors (Lipinski definition) is 0. The first-order valence-electron chi connectivity index (χ1n) is 6.60. The maximum atomic E-state index is 12.1. The number of benzene rings is 2. The molecule has 0 amide bonds. The summed E-state index contributed by atoms with van der Waals surface area (Å²) in [6, 6.07) is 13.8. The molecular formula is C15H15NO5S. The standard InChI is InChI=1S/C15H15NO5S/c1-12(11-13-7-9-14(10-8-13)16(17)18)21-22(19,20)15-5-3-2-4-6-15/h2-10,12H,11H2,1H3. The van der Waals surface area contributed by atoms with Crippen LogP contribution in [0.1, 0.15) is 12.5 Å². The van der Waals surface area contributed by atoms with Crippen LogP contribution in [-0.4, -0.2) is 19.4 Å². The van der Waals surface area contributed by atoms with Gasteiger partial charge in [0, 0.05) is 12.1 Å². The second-order valence-corrected chi connectivity index (χ2v) is 6.37. The first-order valence-corrected chi connectivity index (χ1v) is 8.01. The van der Waals surface area contributed by atoms with Gasteiger partial charge in [0.05, 0.1) is 15.9 Å². The van der Waals surface area contributed by atoms with E-state index in [-0.39, 0.29) is 10.6 Å². The molecule has 6 nitrogen and oxygen atoms in total. The fraction of sp³-hybridized carbons (Fsp3) is 0.200. The van der Waals surface area contributed by atoms with E-state index in [1.165, 1.54) is 24.3 Å². The molecule has 2 aromatic rings. The Bertz CT molecular complexity index is 741. The predicted molar refractivity (Wildman–Crippen MR) is 81.0 cm³/mol. The largest absolute Gasteiger partial charge is 0.297 e. The summed E-state index contributed by atoms with van der Waals surface area (Å²) in [4.78, 5) is 10.2. The first-order chi connectivity index (χ1) is 10.4. The molecule has 0 radical (unpaired) electrons. The van der Waals surface area contributed by atoms with Crippen molar-refractivity contribution in [3.8, 4) is 0 Å². The Morgan fingerprint density at radius 3 is 2.23 bits per heavy atom. The number of nitrogens with zero attached hydrogens (tertiary/aromatic N) is 1. The van der Waals surface area contributed by atoms with E-state index in [9.17, 15) is 18.5 Å². The summed E-state index contributed by atoms with van der Waals surface area (Å²) >= 11 is 0. The van der Waals surface area contributed by atoms with Crippen LogP contribution in [0, 0.1) is 10.1 Å². The Morgan fingerprint density at radius 2 is 1.68 bits per heavy atom. The minimum atomic E-state index is -3.81. The van der Waals surface area contributed by atoms with Gasteiger partial charge in [0.2, 0.25) is 0 Å². The van der Waals surface area contributed by atoms with Crippen molar-refractivity contribution in [2.24, 2.45) is 0 Å². The number of rotatable bonds is 6. The van der Waals surface area contributed by atoms with Crippen LogP contribution in [0.4, 0.5) is 5.69 Å². The SMILES string of the molecule is CC(Cc1ccc([N+](=O)[O-])cc1)OS(=O)(=O)c1ccccc1. The highest BCUT2D eigenvalue weighted by Gasteiger charge is 2.19. The van der Waals surface area contributed by atoms with Crippen molar-refractivity contribution in [3.63, 3.8) is 0 Å². The normalized spacial score (nSPS) is 12.8. The number of nitro groups is 1. The van der Waals surface area contributed by atoms with Gasteiger partial charge in [0.25, 0.3) is 15.8 Å². The molecular weight excluding hydrogens is 306 g/mol. The van der Waals surface area contributed by atoms with Crippen LogP contribution >= 0.6 is 0 Å². The quantitative estimate of drug-likeness (QED) is 0.464. The molecule has 1 unspecified atom stereocenters. The van der Waals surface area contributed by atoms with Crippen LogP contribution in [0.5, 0.6) is 0 Å². The lowest BCUT2D eigenvalue weighted by Crippen LogP contribution is -2.17. The summed E-state index contributed by atoms with van der Waals surface area (Å²) in [5, 5.41) is 10.6. The van der Waals surface area contributed by atoms with Gasteiger partial charge in [-0.1, -0.05) is 30.3 Å². The topological polar surface area (TPSA) is 86.5 Å². The molecule has 0 aromatic heterocycles. The van der Waals surface area contributed by atoms with Crippen molar-refractivity contribution in [2.75, 3.05) is 0 Å². The maximum Gasteiger partial charge on any atom is 0.297 e. The molecule has 1 atom stereocenters. The van der Waals surface area contributed by atoms with E-state index in [1.807, 2.05) is 0 Å². The molecule has 0 bridgehead atoms. The lowest BCUT2D eigenvalue weighted by molar-refractivity contribution is -0.384. The molecule has 0 aliphatic rings. The minimum Gasteiger partial charge on any atom is -0.263 e. The number of hydrogen-bond acceptors (Lipinski definition) is 5. The van der Waals surface area contributed by atoms with E-state index >= 15 is 0 Å². The second kappa shape index (κ2) is 6.67. The number of non-ortho nitro benzene ring substituents is 1. The molecule has 2 rings (SSSR count). The minimum absolute atomic E-state index is 0.00534. The van der Waals surface area contributed by atoms with Gasteiger partial charge in [-0.3, -0.25) is 14.3 Å². The van der Waals surface area contributed by atoms with Crippen LogP contribution in [0.3, 0.4) is 0 Å². The Hall–Kier alpha value is -2.25. The van der Waals surface area contributed by atoms with Crippen LogP contribution in [0.15, 0.2) is 59.5 Å². The van der Waals surface area contributed by atoms with Gasteiger partial charge in [-0.2, -0.15) is 8.42 Å². The van der Waals surface area contributed by atoms with Gasteiger partial charge in [-0.25, -0.2) is 0 Å². The highest BCUT2D eigenvalue weighted by molar-refractivity contribution is 7.86. The Morgan fingerprint density at radius 1 is 1.09 bits per heavy atom. The van der Waals surface area contributed by atoms with E-state index in [4.69, 9.17) is 4.18 Å². The third kappa shape index (κ3) is 4.12. The zero-order valence-electron chi connectivity index (χ0n) is 11.9. The summed E-state index contributed by atoms with van der Waals surface area (Å²) in [5.41, 5.74) is 0.760. The van der Waals surface area contributed by atoms with Crippen LogP contribution in [0.25, 0.3) is 0 Å². The van der Waals surface area contributed by atoms with Crippen LogP contribution < -0.4 is 0 Å². The van der Waals surface area contributed by atoms with Gasteiger partial charge in [-0.05, 0) is 31.0 Å².